The van der Waals surface area contributed by atoms with Crippen molar-refractivity contribution in [3.63, 3.8) is 0 Å². The summed E-state index contributed by atoms with van der Waals surface area (Å²) in [5.41, 5.74) is 0. The molecule has 0 saturated carbocycles. The van der Waals surface area contributed by atoms with E-state index >= 15 is 0 Å². The second-order valence-corrected chi connectivity index (χ2v) is 2.49. The highest BCUT2D eigenvalue weighted by molar-refractivity contribution is 4.83. The van der Waals surface area contributed by atoms with Crippen molar-refractivity contribution in [2.24, 2.45) is 0 Å². The largest absolute Gasteiger partial charge is 0.512 e. The average molecular weight is 172 g/mol. The van der Waals surface area contributed by atoms with Crippen LogP contribution in [-0.2, 0) is 0 Å². The van der Waals surface area contributed by atoms with Crippen LogP contribution in [0.4, 0.5) is 0 Å². The van der Waals surface area contributed by atoms with Crippen molar-refractivity contribution < 1.29 is 10.2 Å². The predicted molar refractivity (Wildman–Crippen MR) is 49.3 cm³/mol. The second-order valence-electron chi connectivity index (χ2n) is 2.49. The first kappa shape index (κ1) is 11.0. The van der Waals surface area contributed by atoms with Crippen LogP contribution in [0.2, 0.25) is 0 Å². The summed E-state index contributed by atoms with van der Waals surface area (Å²) in [5.74, 6) is 0.253. The van der Waals surface area contributed by atoms with E-state index in [0.29, 0.717) is 26.2 Å². The molecule has 0 bridgehead atoms. The van der Waals surface area contributed by atoms with Crippen LogP contribution in [-0.4, -0.2) is 36.4 Å². The Labute approximate surface area is 72.6 Å². The molecule has 0 saturated heterocycles. The van der Waals surface area contributed by atoms with E-state index < -0.39 is 0 Å². The molecule has 0 aromatic carbocycles. The number of rotatable bonds is 7. The van der Waals surface area contributed by atoms with Crippen molar-refractivity contribution in [1.29, 1.82) is 0 Å². The maximum atomic E-state index is 8.67. The average Bonchev–Trinajstić information content (AvgIpc) is 1.95. The van der Waals surface area contributed by atoms with Crippen LogP contribution in [0.25, 0.3) is 0 Å². The van der Waals surface area contributed by atoms with Gasteiger partial charge in [0.2, 0.25) is 0 Å². The lowest BCUT2D eigenvalue weighted by molar-refractivity contribution is 0.383. The fourth-order valence-corrected chi connectivity index (χ4v) is 0.642. The summed E-state index contributed by atoms with van der Waals surface area (Å²) >= 11 is 0. The molecule has 70 valence electrons. The van der Waals surface area contributed by atoms with Crippen molar-refractivity contribution in [2.45, 2.75) is 0 Å². The first-order valence-electron chi connectivity index (χ1n) is 3.78. The Morgan fingerprint density at radius 1 is 0.917 bits per heavy atom. The smallest absolute Gasteiger partial charge is 0.0988 e. The van der Waals surface area contributed by atoms with Gasteiger partial charge in [-0.1, -0.05) is 13.2 Å². The van der Waals surface area contributed by atoms with Gasteiger partial charge in [0.05, 0.1) is 24.6 Å². The standard InChI is InChI=1S/C8H16N2O2/c1-7(11)5-9-3-4-10-6-8(2)12/h9-12H,1-6H2. The van der Waals surface area contributed by atoms with Crippen LogP contribution in [0.3, 0.4) is 0 Å². The molecule has 0 radical (unpaired) electrons. The van der Waals surface area contributed by atoms with Gasteiger partial charge in [-0.05, 0) is 0 Å². The fourth-order valence-electron chi connectivity index (χ4n) is 0.642. The van der Waals surface area contributed by atoms with Gasteiger partial charge in [0.1, 0.15) is 0 Å². The van der Waals surface area contributed by atoms with Crippen molar-refractivity contribution in [2.75, 3.05) is 26.2 Å². The molecular weight excluding hydrogens is 156 g/mol. The maximum Gasteiger partial charge on any atom is 0.0988 e. The van der Waals surface area contributed by atoms with Gasteiger partial charge in [-0.3, -0.25) is 0 Å². The minimum Gasteiger partial charge on any atom is -0.512 e. The van der Waals surface area contributed by atoms with E-state index in [1.54, 1.807) is 0 Å². The van der Waals surface area contributed by atoms with Gasteiger partial charge in [0.25, 0.3) is 0 Å². The monoisotopic (exact) mass is 172 g/mol. The van der Waals surface area contributed by atoms with E-state index in [1.807, 2.05) is 0 Å². The van der Waals surface area contributed by atoms with Gasteiger partial charge in [-0.25, -0.2) is 0 Å². The molecule has 4 N–H and O–H groups in total. The molecule has 0 fully saturated rings. The van der Waals surface area contributed by atoms with Crippen LogP contribution in [0.15, 0.2) is 24.7 Å². The molecule has 0 rings (SSSR count). The first-order valence-corrected chi connectivity index (χ1v) is 3.78. The van der Waals surface area contributed by atoms with Crippen LogP contribution in [0, 0.1) is 0 Å². The molecule has 0 atom stereocenters. The summed E-state index contributed by atoms with van der Waals surface area (Å²) in [7, 11) is 0. The second kappa shape index (κ2) is 6.69. The summed E-state index contributed by atoms with van der Waals surface area (Å²) in [6.45, 7) is 8.88. The number of aliphatic hydroxyl groups excluding tert-OH is 2. The molecule has 0 heterocycles. The third-order valence-corrected chi connectivity index (χ3v) is 1.14. The molecule has 0 aliphatic heterocycles. The third kappa shape index (κ3) is 9.00. The zero-order valence-corrected chi connectivity index (χ0v) is 7.14. The Hall–Kier alpha value is -1.00. The van der Waals surface area contributed by atoms with Crippen molar-refractivity contribution in [3.05, 3.63) is 24.7 Å². The van der Waals surface area contributed by atoms with Gasteiger partial charge in [0, 0.05) is 13.1 Å². The van der Waals surface area contributed by atoms with E-state index in [9.17, 15) is 0 Å². The quantitative estimate of drug-likeness (QED) is 0.329. The Bertz CT molecular complexity index is 139. The number of nitrogens with one attached hydrogen (secondary N) is 2. The summed E-state index contributed by atoms with van der Waals surface area (Å²) in [6.07, 6.45) is 0. The number of hydrogen-bond acceptors (Lipinski definition) is 4. The van der Waals surface area contributed by atoms with Gasteiger partial charge in [0.15, 0.2) is 0 Å². The van der Waals surface area contributed by atoms with Gasteiger partial charge in [-0.15, -0.1) is 0 Å². The normalized spacial score (nSPS) is 9.67. The van der Waals surface area contributed by atoms with Crippen LogP contribution >= 0.6 is 0 Å². The van der Waals surface area contributed by atoms with Crippen molar-refractivity contribution in [3.8, 4) is 0 Å². The SMILES string of the molecule is C=C(O)CNCCNCC(=C)O. The summed E-state index contributed by atoms with van der Waals surface area (Å²) in [6, 6.07) is 0. The highest BCUT2D eigenvalue weighted by Gasteiger charge is 1.90. The van der Waals surface area contributed by atoms with E-state index in [2.05, 4.69) is 23.8 Å². The molecule has 0 amide bonds. The Kier molecular flexibility index (Phi) is 6.14. The maximum absolute atomic E-state index is 8.67. The predicted octanol–water partition coefficient (Wildman–Crippen LogP) is 0.309. The molecule has 4 nitrogen and oxygen atoms in total. The lowest BCUT2D eigenvalue weighted by Gasteiger charge is -2.04. The zero-order valence-electron chi connectivity index (χ0n) is 7.14. The summed E-state index contributed by atoms with van der Waals surface area (Å²) < 4.78 is 0. The minimum absolute atomic E-state index is 0.126. The molecular formula is C8H16N2O2. The van der Waals surface area contributed by atoms with Crippen molar-refractivity contribution >= 4 is 0 Å². The third-order valence-electron chi connectivity index (χ3n) is 1.14. The molecule has 0 aromatic heterocycles. The van der Waals surface area contributed by atoms with Crippen molar-refractivity contribution in [1.82, 2.24) is 10.6 Å². The number of hydrogen-bond donors (Lipinski definition) is 4. The fraction of sp³-hybridized carbons (Fsp3) is 0.500. The molecule has 4 heteroatoms. The molecule has 0 aliphatic carbocycles. The molecule has 0 aromatic rings. The highest BCUT2D eigenvalue weighted by Crippen LogP contribution is 1.76. The first-order chi connectivity index (χ1) is 5.63. The lowest BCUT2D eigenvalue weighted by atomic mass is 10.5. The van der Waals surface area contributed by atoms with E-state index in [1.165, 1.54) is 0 Å². The van der Waals surface area contributed by atoms with Crippen LogP contribution in [0.5, 0.6) is 0 Å². The highest BCUT2D eigenvalue weighted by atomic mass is 16.3. The molecule has 0 spiro atoms. The minimum atomic E-state index is 0.126. The van der Waals surface area contributed by atoms with E-state index in [0.717, 1.165) is 0 Å². The number of aliphatic hydroxyl groups is 2. The summed E-state index contributed by atoms with van der Waals surface area (Å²) in [4.78, 5) is 0. The van der Waals surface area contributed by atoms with Gasteiger partial charge >= 0.3 is 0 Å². The van der Waals surface area contributed by atoms with Crippen LogP contribution in [0.1, 0.15) is 0 Å². The topological polar surface area (TPSA) is 64.5 Å². The Balaban J connectivity index is 3.01. The Morgan fingerprint density at radius 2 is 1.25 bits per heavy atom. The molecule has 0 unspecified atom stereocenters. The van der Waals surface area contributed by atoms with Crippen LogP contribution < -0.4 is 10.6 Å². The van der Waals surface area contributed by atoms with Gasteiger partial charge < -0.3 is 20.8 Å². The molecule has 0 aliphatic rings. The zero-order chi connectivity index (χ0) is 9.40. The molecule has 12 heavy (non-hydrogen) atoms. The Morgan fingerprint density at radius 3 is 1.50 bits per heavy atom. The lowest BCUT2D eigenvalue weighted by Crippen LogP contribution is -2.29. The van der Waals surface area contributed by atoms with E-state index in [-0.39, 0.29) is 11.5 Å². The summed E-state index contributed by atoms with van der Waals surface area (Å²) in [5, 5.41) is 23.2. The van der Waals surface area contributed by atoms with Gasteiger partial charge in [-0.2, -0.15) is 0 Å². The van der Waals surface area contributed by atoms with E-state index in [4.69, 9.17) is 10.2 Å².